The Balaban J connectivity index is 1.69. The van der Waals surface area contributed by atoms with Gasteiger partial charge in [0.2, 0.25) is 0 Å². The fourth-order valence-corrected chi connectivity index (χ4v) is 5.03. The molecule has 0 amide bonds. The number of Topliss-reactive ketones (excluding diaryl/α,β-unsaturated/α-hetero) is 1. The monoisotopic (exact) mass is 460 g/mol. The lowest BCUT2D eigenvalue weighted by Crippen LogP contribution is -2.13. The number of hydrogen-bond acceptors (Lipinski definition) is 3. The molecule has 1 aliphatic rings. The van der Waals surface area contributed by atoms with Crippen molar-refractivity contribution in [2.75, 3.05) is 0 Å². The number of furan rings is 1. The zero-order valence-corrected chi connectivity index (χ0v) is 18.4. The summed E-state index contributed by atoms with van der Waals surface area (Å²) < 4.78 is 7.77. The van der Waals surface area contributed by atoms with Crippen molar-refractivity contribution in [3.05, 3.63) is 57.2 Å². The molecule has 0 radical (unpaired) electrons. The summed E-state index contributed by atoms with van der Waals surface area (Å²) in [6, 6.07) is 10.6. The highest BCUT2D eigenvalue weighted by Gasteiger charge is 2.27. The fraction of sp³-hybridized carbons (Fsp3) is 0.304. The number of carbonyl (C=O) groups excluding carboxylic acids is 1. The van der Waals surface area contributed by atoms with Crippen LogP contribution in [0.15, 0.2) is 40.8 Å². The molecule has 0 bridgehead atoms. The van der Waals surface area contributed by atoms with Gasteiger partial charge in [0.15, 0.2) is 17.1 Å². The van der Waals surface area contributed by atoms with E-state index in [4.69, 9.17) is 39.2 Å². The van der Waals surface area contributed by atoms with Gasteiger partial charge >= 0.3 is 0 Å². The molecular formula is C23H19Cl3N2O2. The first-order valence-electron chi connectivity index (χ1n) is 10.1. The highest BCUT2D eigenvalue weighted by Crippen LogP contribution is 2.37. The van der Waals surface area contributed by atoms with Crippen LogP contribution in [-0.4, -0.2) is 15.6 Å². The molecule has 2 aromatic carbocycles. The van der Waals surface area contributed by atoms with E-state index in [1.807, 2.05) is 6.07 Å². The van der Waals surface area contributed by atoms with Crippen molar-refractivity contribution in [3.63, 3.8) is 0 Å². The van der Waals surface area contributed by atoms with Crippen molar-refractivity contribution in [1.82, 2.24) is 9.78 Å². The van der Waals surface area contributed by atoms with Crippen LogP contribution in [-0.2, 0) is 0 Å². The maximum Gasteiger partial charge on any atom is 0.187 e. The summed E-state index contributed by atoms with van der Waals surface area (Å²) in [6.07, 6.45) is 6.29. The van der Waals surface area contributed by atoms with Gasteiger partial charge in [0, 0.05) is 27.9 Å². The predicted octanol–water partition coefficient (Wildman–Crippen LogP) is 7.89. The third-order valence-corrected chi connectivity index (χ3v) is 6.63. The van der Waals surface area contributed by atoms with Gasteiger partial charge in [-0.2, -0.15) is 5.10 Å². The number of halogens is 3. The number of aromatic nitrogens is 2. The van der Waals surface area contributed by atoms with E-state index in [0.29, 0.717) is 55.5 Å². The minimum atomic E-state index is 0.000823. The van der Waals surface area contributed by atoms with E-state index in [0.717, 1.165) is 18.2 Å². The van der Waals surface area contributed by atoms with Crippen molar-refractivity contribution >= 4 is 62.7 Å². The molecular weight excluding hydrogens is 443 g/mol. The van der Waals surface area contributed by atoms with Crippen LogP contribution in [0.25, 0.3) is 27.8 Å². The Labute approximate surface area is 188 Å². The summed E-state index contributed by atoms with van der Waals surface area (Å²) in [5.74, 6) is 0.408. The third-order valence-electron chi connectivity index (χ3n) is 5.85. The molecule has 1 fully saturated rings. The molecule has 1 aliphatic carbocycles. The van der Waals surface area contributed by atoms with E-state index >= 15 is 0 Å². The highest BCUT2D eigenvalue weighted by atomic mass is 35.5. The molecule has 2 aromatic heterocycles. The van der Waals surface area contributed by atoms with Gasteiger partial charge < -0.3 is 4.42 Å². The van der Waals surface area contributed by atoms with Gasteiger partial charge in [-0.25, -0.2) is 4.68 Å². The second-order valence-corrected chi connectivity index (χ2v) is 9.19. The Hall–Kier alpha value is -2.01. The molecule has 5 rings (SSSR count). The van der Waals surface area contributed by atoms with E-state index < -0.39 is 0 Å². The largest absolute Gasteiger partial charge is 0.452 e. The van der Waals surface area contributed by atoms with E-state index in [1.54, 1.807) is 35.0 Å². The number of benzene rings is 2. The summed E-state index contributed by atoms with van der Waals surface area (Å²) in [6.45, 7) is 0. The van der Waals surface area contributed by atoms with E-state index in [-0.39, 0.29) is 5.78 Å². The number of ketones is 1. The van der Waals surface area contributed by atoms with Crippen molar-refractivity contribution in [2.45, 2.75) is 38.5 Å². The molecule has 0 atom stereocenters. The Morgan fingerprint density at radius 3 is 2.53 bits per heavy atom. The van der Waals surface area contributed by atoms with Crippen molar-refractivity contribution in [3.8, 4) is 5.69 Å². The number of nitrogens with zero attached hydrogens (tertiary/aromatic N) is 2. The van der Waals surface area contributed by atoms with Gasteiger partial charge in [-0.15, -0.1) is 0 Å². The van der Waals surface area contributed by atoms with Gasteiger partial charge in [0.05, 0.1) is 10.7 Å². The summed E-state index contributed by atoms with van der Waals surface area (Å²) in [5, 5.41) is 7.03. The van der Waals surface area contributed by atoms with Crippen LogP contribution in [0.2, 0.25) is 15.1 Å². The highest BCUT2D eigenvalue weighted by molar-refractivity contribution is 6.36. The summed E-state index contributed by atoms with van der Waals surface area (Å²) >= 11 is 18.7. The Morgan fingerprint density at radius 1 is 1.03 bits per heavy atom. The standard InChI is InChI=1S/C23H19Cl3N2O2/c24-14-7-9-18(17(26)11-14)28-22-16-8-6-15(25)12-20(16)30-23(22)21(27-28)19(29)10-13-4-2-1-3-5-13/h6-9,11-13H,1-5,10H2. The van der Waals surface area contributed by atoms with Crippen molar-refractivity contribution in [2.24, 2.45) is 5.92 Å². The topological polar surface area (TPSA) is 48.0 Å². The lowest BCUT2D eigenvalue weighted by atomic mass is 9.85. The summed E-state index contributed by atoms with van der Waals surface area (Å²) in [7, 11) is 0. The second kappa shape index (κ2) is 7.92. The Morgan fingerprint density at radius 2 is 1.77 bits per heavy atom. The van der Waals surface area contributed by atoms with Gasteiger partial charge in [-0.1, -0.05) is 66.9 Å². The number of rotatable bonds is 4. The maximum atomic E-state index is 13.2. The quantitative estimate of drug-likeness (QED) is 0.290. The van der Waals surface area contributed by atoms with Crippen LogP contribution in [0.1, 0.15) is 49.0 Å². The molecule has 0 spiro atoms. The first-order chi connectivity index (χ1) is 14.5. The second-order valence-electron chi connectivity index (χ2n) is 7.91. The van der Waals surface area contributed by atoms with Crippen LogP contribution in [0.5, 0.6) is 0 Å². The zero-order chi connectivity index (χ0) is 20.8. The molecule has 1 saturated carbocycles. The zero-order valence-electron chi connectivity index (χ0n) is 16.1. The van der Waals surface area contributed by atoms with Gasteiger partial charge in [-0.3, -0.25) is 4.79 Å². The first kappa shape index (κ1) is 19.9. The van der Waals surface area contributed by atoms with Crippen LogP contribution >= 0.6 is 34.8 Å². The molecule has 2 heterocycles. The molecule has 0 saturated heterocycles. The minimum absolute atomic E-state index is 0.000823. The molecule has 4 aromatic rings. The van der Waals surface area contributed by atoms with Crippen LogP contribution in [0, 0.1) is 5.92 Å². The Kier molecular flexibility index (Phi) is 5.26. The molecule has 0 unspecified atom stereocenters. The van der Waals surface area contributed by atoms with Crippen LogP contribution < -0.4 is 0 Å². The lowest BCUT2D eigenvalue weighted by Gasteiger charge is -2.20. The normalized spacial score (nSPS) is 15.3. The molecule has 0 aliphatic heterocycles. The average molecular weight is 462 g/mol. The lowest BCUT2D eigenvalue weighted by molar-refractivity contribution is 0.0945. The van der Waals surface area contributed by atoms with Crippen LogP contribution in [0.3, 0.4) is 0 Å². The van der Waals surface area contributed by atoms with E-state index in [1.165, 1.54) is 19.3 Å². The fourth-order valence-electron chi connectivity index (χ4n) is 4.38. The molecule has 30 heavy (non-hydrogen) atoms. The maximum absolute atomic E-state index is 13.2. The van der Waals surface area contributed by atoms with Crippen LogP contribution in [0.4, 0.5) is 0 Å². The minimum Gasteiger partial charge on any atom is -0.452 e. The smallest absolute Gasteiger partial charge is 0.187 e. The number of fused-ring (bicyclic) bond motifs is 3. The Bertz CT molecular complexity index is 1270. The van der Waals surface area contributed by atoms with E-state index in [9.17, 15) is 4.79 Å². The SMILES string of the molecule is O=C(CC1CCCCC1)c1nn(-c2ccc(Cl)cc2Cl)c2c1oc1cc(Cl)ccc12. The summed E-state index contributed by atoms with van der Waals surface area (Å²) in [4.78, 5) is 13.2. The summed E-state index contributed by atoms with van der Waals surface area (Å²) in [5.41, 5.74) is 2.77. The third kappa shape index (κ3) is 3.51. The van der Waals surface area contributed by atoms with Gasteiger partial charge in [0.1, 0.15) is 11.1 Å². The molecule has 154 valence electrons. The molecule has 4 nitrogen and oxygen atoms in total. The number of carbonyl (C=O) groups is 1. The van der Waals surface area contributed by atoms with Crippen molar-refractivity contribution in [1.29, 1.82) is 0 Å². The van der Waals surface area contributed by atoms with Gasteiger partial charge in [-0.05, 0) is 36.2 Å². The first-order valence-corrected chi connectivity index (χ1v) is 11.2. The van der Waals surface area contributed by atoms with Crippen molar-refractivity contribution < 1.29 is 9.21 Å². The molecule has 0 N–H and O–H groups in total. The predicted molar refractivity (Wildman–Crippen MR) is 121 cm³/mol. The number of hydrogen-bond donors (Lipinski definition) is 0. The van der Waals surface area contributed by atoms with Gasteiger partial charge in [0.25, 0.3) is 0 Å². The average Bonchev–Trinajstić information content (AvgIpc) is 3.25. The molecule has 7 heteroatoms. The van der Waals surface area contributed by atoms with E-state index in [2.05, 4.69) is 5.10 Å².